The van der Waals surface area contributed by atoms with Crippen LogP contribution in [0.5, 0.6) is 5.75 Å². The van der Waals surface area contributed by atoms with Crippen LogP contribution in [-0.4, -0.2) is 13.7 Å². The Balaban J connectivity index is 2.72. The lowest BCUT2D eigenvalue weighted by Crippen LogP contribution is -2.06. The van der Waals surface area contributed by atoms with Gasteiger partial charge in [0.1, 0.15) is 18.2 Å². The standard InChI is InChI=1S/C11H12Cl2FNO/c1-15-6-8-2-10(14)4-11(3-8)16-7-9(13)5-12/h2-5,15H,6-7H2,1H3/b9-5-. The summed E-state index contributed by atoms with van der Waals surface area (Å²) in [6, 6.07) is 4.50. The van der Waals surface area contributed by atoms with E-state index in [9.17, 15) is 4.39 Å². The van der Waals surface area contributed by atoms with Gasteiger partial charge in [-0.1, -0.05) is 23.2 Å². The van der Waals surface area contributed by atoms with E-state index in [1.807, 2.05) is 0 Å². The first-order valence-corrected chi connectivity index (χ1v) is 5.48. The third kappa shape index (κ3) is 4.39. The van der Waals surface area contributed by atoms with Crippen LogP contribution in [0, 0.1) is 5.82 Å². The first-order valence-electron chi connectivity index (χ1n) is 4.67. The summed E-state index contributed by atoms with van der Waals surface area (Å²) < 4.78 is 18.4. The van der Waals surface area contributed by atoms with E-state index in [4.69, 9.17) is 27.9 Å². The van der Waals surface area contributed by atoms with Crippen molar-refractivity contribution in [2.24, 2.45) is 0 Å². The summed E-state index contributed by atoms with van der Waals surface area (Å²) in [5.74, 6) is 0.0932. The molecule has 0 aliphatic carbocycles. The fourth-order valence-electron chi connectivity index (χ4n) is 1.19. The molecule has 1 N–H and O–H groups in total. The summed E-state index contributed by atoms with van der Waals surface area (Å²) >= 11 is 11.0. The highest BCUT2D eigenvalue weighted by molar-refractivity contribution is 6.36. The Hall–Kier alpha value is -0.770. The molecule has 0 saturated heterocycles. The molecule has 0 radical (unpaired) electrons. The maximum Gasteiger partial charge on any atom is 0.127 e. The van der Waals surface area contributed by atoms with Gasteiger partial charge in [0.05, 0.1) is 5.03 Å². The van der Waals surface area contributed by atoms with Crippen molar-refractivity contribution in [1.29, 1.82) is 0 Å². The second-order valence-corrected chi connectivity index (χ2v) is 3.87. The van der Waals surface area contributed by atoms with Gasteiger partial charge in [0, 0.05) is 18.1 Å². The lowest BCUT2D eigenvalue weighted by atomic mass is 10.2. The highest BCUT2D eigenvalue weighted by atomic mass is 35.5. The number of rotatable bonds is 5. The first kappa shape index (κ1) is 13.3. The van der Waals surface area contributed by atoms with Crippen LogP contribution in [0.3, 0.4) is 0 Å². The molecule has 16 heavy (non-hydrogen) atoms. The number of nitrogens with one attached hydrogen (secondary N) is 1. The van der Waals surface area contributed by atoms with Crippen LogP contribution in [0.1, 0.15) is 5.56 Å². The second-order valence-electron chi connectivity index (χ2n) is 3.17. The van der Waals surface area contributed by atoms with Crippen LogP contribution in [0.4, 0.5) is 4.39 Å². The van der Waals surface area contributed by atoms with E-state index in [1.54, 1.807) is 13.1 Å². The number of ether oxygens (including phenoxy) is 1. The summed E-state index contributed by atoms with van der Waals surface area (Å²) in [5, 5.41) is 3.30. The largest absolute Gasteiger partial charge is 0.488 e. The van der Waals surface area contributed by atoms with E-state index in [0.29, 0.717) is 17.3 Å². The molecule has 1 aromatic rings. The minimum Gasteiger partial charge on any atom is -0.488 e. The van der Waals surface area contributed by atoms with Crippen LogP contribution in [0.2, 0.25) is 0 Å². The monoisotopic (exact) mass is 263 g/mol. The molecule has 0 heterocycles. The van der Waals surface area contributed by atoms with Crippen LogP contribution in [0.25, 0.3) is 0 Å². The molecule has 0 fully saturated rings. The number of halogens is 3. The van der Waals surface area contributed by atoms with Crippen molar-refractivity contribution in [2.45, 2.75) is 6.54 Å². The molecule has 0 aromatic heterocycles. The van der Waals surface area contributed by atoms with Crippen LogP contribution in [0.15, 0.2) is 28.8 Å². The molecule has 0 amide bonds. The van der Waals surface area contributed by atoms with Crippen molar-refractivity contribution in [3.8, 4) is 5.75 Å². The van der Waals surface area contributed by atoms with Crippen LogP contribution in [-0.2, 0) is 6.54 Å². The Labute approximate surface area is 104 Å². The summed E-state index contributed by atoms with van der Waals surface area (Å²) in [4.78, 5) is 0. The lowest BCUT2D eigenvalue weighted by molar-refractivity contribution is 0.356. The van der Waals surface area contributed by atoms with Gasteiger partial charge in [-0.25, -0.2) is 4.39 Å². The number of benzene rings is 1. The molecule has 0 aliphatic heterocycles. The number of hydrogen-bond acceptors (Lipinski definition) is 2. The zero-order valence-electron chi connectivity index (χ0n) is 8.77. The van der Waals surface area contributed by atoms with Gasteiger partial charge >= 0.3 is 0 Å². The zero-order chi connectivity index (χ0) is 12.0. The number of hydrogen-bond donors (Lipinski definition) is 1. The molecule has 2 nitrogen and oxygen atoms in total. The molecule has 0 saturated carbocycles. The van der Waals surface area contributed by atoms with Gasteiger partial charge in [0.2, 0.25) is 0 Å². The fourth-order valence-corrected chi connectivity index (χ4v) is 1.31. The van der Waals surface area contributed by atoms with Gasteiger partial charge in [0.15, 0.2) is 0 Å². The Kier molecular flexibility index (Phi) is 5.60. The molecule has 0 aliphatic rings. The van der Waals surface area contributed by atoms with Gasteiger partial charge in [-0.2, -0.15) is 0 Å². The Morgan fingerprint density at radius 2 is 2.25 bits per heavy atom. The molecule has 88 valence electrons. The summed E-state index contributed by atoms with van der Waals surface area (Å²) in [6.45, 7) is 0.709. The van der Waals surface area contributed by atoms with Gasteiger partial charge in [-0.15, -0.1) is 0 Å². The normalized spacial score (nSPS) is 11.6. The lowest BCUT2D eigenvalue weighted by Gasteiger charge is -2.07. The predicted molar refractivity (Wildman–Crippen MR) is 64.4 cm³/mol. The summed E-state index contributed by atoms with van der Waals surface area (Å²) in [7, 11) is 1.79. The second kappa shape index (κ2) is 6.74. The van der Waals surface area contributed by atoms with Crippen molar-refractivity contribution >= 4 is 23.2 Å². The molecule has 1 rings (SSSR count). The Morgan fingerprint density at radius 1 is 1.50 bits per heavy atom. The third-order valence-electron chi connectivity index (χ3n) is 1.81. The van der Waals surface area contributed by atoms with Gasteiger partial charge in [0.25, 0.3) is 0 Å². The van der Waals surface area contributed by atoms with Crippen molar-refractivity contribution in [2.75, 3.05) is 13.7 Å². The van der Waals surface area contributed by atoms with E-state index in [2.05, 4.69) is 5.32 Å². The summed E-state index contributed by atoms with van der Waals surface area (Å²) in [6.07, 6.45) is 0. The smallest absolute Gasteiger partial charge is 0.127 e. The molecular formula is C11H12Cl2FNO. The molecule has 0 unspecified atom stereocenters. The first-order chi connectivity index (χ1) is 7.65. The van der Waals surface area contributed by atoms with Crippen molar-refractivity contribution in [3.63, 3.8) is 0 Å². The zero-order valence-corrected chi connectivity index (χ0v) is 10.3. The van der Waals surface area contributed by atoms with Crippen LogP contribution >= 0.6 is 23.2 Å². The van der Waals surface area contributed by atoms with E-state index in [-0.39, 0.29) is 12.4 Å². The molecule has 1 aromatic carbocycles. The van der Waals surface area contributed by atoms with Crippen molar-refractivity contribution in [3.05, 3.63) is 40.1 Å². The topological polar surface area (TPSA) is 21.3 Å². The van der Waals surface area contributed by atoms with Gasteiger partial charge < -0.3 is 10.1 Å². The minimum atomic E-state index is -0.339. The average molecular weight is 264 g/mol. The maximum atomic E-state index is 13.2. The molecule has 5 heteroatoms. The Morgan fingerprint density at radius 3 is 2.88 bits per heavy atom. The Bertz CT molecular complexity index is 382. The van der Waals surface area contributed by atoms with Crippen molar-refractivity contribution in [1.82, 2.24) is 5.32 Å². The van der Waals surface area contributed by atoms with E-state index < -0.39 is 0 Å². The molecule has 0 bridgehead atoms. The van der Waals surface area contributed by atoms with Crippen LogP contribution < -0.4 is 10.1 Å². The average Bonchev–Trinajstić information content (AvgIpc) is 2.25. The van der Waals surface area contributed by atoms with Gasteiger partial charge in [-0.3, -0.25) is 0 Å². The maximum absolute atomic E-state index is 13.2. The minimum absolute atomic E-state index is 0.132. The SMILES string of the molecule is CNCc1cc(F)cc(OC/C(Cl)=C/Cl)c1. The molecule has 0 atom stereocenters. The van der Waals surface area contributed by atoms with E-state index >= 15 is 0 Å². The fraction of sp³-hybridized carbons (Fsp3) is 0.273. The molecular weight excluding hydrogens is 252 g/mol. The van der Waals surface area contributed by atoms with E-state index in [1.165, 1.54) is 17.7 Å². The quantitative estimate of drug-likeness (QED) is 0.881. The predicted octanol–water partition coefficient (Wildman–Crippen LogP) is 3.24. The third-order valence-corrected chi connectivity index (χ3v) is 2.40. The highest BCUT2D eigenvalue weighted by Gasteiger charge is 2.02. The van der Waals surface area contributed by atoms with Gasteiger partial charge in [-0.05, 0) is 24.7 Å². The van der Waals surface area contributed by atoms with Crippen molar-refractivity contribution < 1.29 is 9.13 Å². The highest BCUT2D eigenvalue weighted by Crippen LogP contribution is 2.17. The van der Waals surface area contributed by atoms with E-state index in [0.717, 1.165) is 5.56 Å². The summed E-state index contributed by atoms with van der Waals surface area (Å²) in [5.41, 5.74) is 2.03. The molecule has 0 spiro atoms.